The van der Waals surface area contributed by atoms with Gasteiger partial charge in [0.2, 0.25) is 0 Å². The van der Waals surface area contributed by atoms with Gasteiger partial charge in [-0.05, 0) is 61.2 Å². The van der Waals surface area contributed by atoms with Crippen LogP contribution in [0.25, 0.3) is 21.9 Å². The molecule has 4 rings (SSSR count). The average Bonchev–Trinajstić information content (AvgIpc) is 3.19. The maximum Gasteiger partial charge on any atom is 0.111 e. The van der Waals surface area contributed by atoms with Gasteiger partial charge in [-0.1, -0.05) is 6.07 Å². The molecule has 0 aliphatic carbocycles. The molecule has 24 heavy (non-hydrogen) atoms. The van der Waals surface area contributed by atoms with Gasteiger partial charge in [0.25, 0.3) is 0 Å². The van der Waals surface area contributed by atoms with Crippen LogP contribution in [0.3, 0.4) is 0 Å². The van der Waals surface area contributed by atoms with E-state index in [1.54, 1.807) is 0 Å². The lowest BCUT2D eigenvalue weighted by Gasteiger charge is -2.08. The van der Waals surface area contributed by atoms with Crippen LogP contribution in [-0.4, -0.2) is 15.0 Å². The van der Waals surface area contributed by atoms with Gasteiger partial charge < -0.3 is 9.97 Å². The Morgan fingerprint density at radius 2 is 1.96 bits per heavy atom. The number of imidazole rings is 1. The van der Waals surface area contributed by atoms with Crippen molar-refractivity contribution in [2.24, 2.45) is 0 Å². The van der Waals surface area contributed by atoms with E-state index in [1.165, 1.54) is 27.6 Å². The van der Waals surface area contributed by atoms with Gasteiger partial charge in [-0.3, -0.25) is 0 Å². The fourth-order valence-corrected chi connectivity index (χ4v) is 3.51. The number of nitrogens with zero attached hydrogens (tertiary/aromatic N) is 2. The van der Waals surface area contributed by atoms with Gasteiger partial charge in [0.05, 0.1) is 22.7 Å². The molecule has 2 aromatic carbocycles. The number of aromatic amines is 2. The van der Waals surface area contributed by atoms with Crippen LogP contribution in [-0.2, 0) is 6.42 Å². The molecule has 0 atom stereocenters. The zero-order valence-corrected chi connectivity index (χ0v) is 14.0. The molecule has 0 spiro atoms. The minimum Gasteiger partial charge on any atom is -0.361 e. The van der Waals surface area contributed by atoms with Crippen molar-refractivity contribution in [1.82, 2.24) is 15.0 Å². The molecule has 4 nitrogen and oxygen atoms in total. The summed E-state index contributed by atoms with van der Waals surface area (Å²) in [6.07, 6.45) is 2.74. The summed E-state index contributed by atoms with van der Waals surface area (Å²) < 4.78 is 0. The largest absolute Gasteiger partial charge is 0.361 e. The van der Waals surface area contributed by atoms with Gasteiger partial charge in [0.15, 0.2) is 0 Å². The molecular weight excluding hydrogens is 296 g/mol. The van der Waals surface area contributed by atoms with Crippen molar-refractivity contribution in [3.63, 3.8) is 0 Å². The molecule has 2 N–H and O–H groups in total. The third-order valence-corrected chi connectivity index (χ3v) is 4.80. The fourth-order valence-electron chi connectivity index (χ4n) is 3.51. The fraction of sp³-hybridized carbons (Fsp3) is 0.200. The molecule has 0 aliphatic heterocycles. The summed E-state index contributed by atoms with van der Waals surface area (Å²) in [5.41, 5.74) is 8.49. The van der Waals surface area contributed by atoms with Gasteiger partial charge in [0, 0.05) is 23.5 Å². The van der Waals surface area contributed by atoms with Crippen LogP contribution >= 0.6 is 0 Å². The summed E-state index contributed by atoms with van der Waals surface area (Å²) in [5, 5.41) is 10.4. The van der Waals surface area contributed by atoms with Crippen molar-refractivity contribution in [2.75, 3.05) is 0 Å². The standard InChI is InChI=1S/C20H18N4/c1-11-8-12(2)19-15(6-7-22-19)16(11)9-18-23-17-5-4-14(10-21)13(3)20(17)24-18/h4-8,22H,9H2,1-3H3,(H,23,24). The second kappa shape index (κ2) is 5.24. The second-order valence-corrected chi connectivity index (χ2v) is 6.36. The number of hydrogen-bond donors (Lipinski definition) is 2. The summed E-state index contributed by atoms with van der Waals surface area (Å²) in [7, 11) is 0. The predicted octanol–water partition coefficient (Wildman–Crippen LogP) is 4.43. The number of aryl methyl sites for hydroxylation is 3. The van der Waals surface area contributed by atoms with E-state index in [1.807, 2.05) is 25.3 Å². The molecule has 0 radical (unpaired) electrons. The quantitative estimate of drug-likeness (QED) is 0.574. The first-order valence-electron chi connectivity index (χ1n) is 8.03. The number of nitriles is 1. The molecule has 0 amide bonds. The molecule has 0 unspecified atom stereocenters. The SMILES string of the molecule is Cc1cc(C)c2[nH]ccc2c1Cc1nc2c(C)c(C#N)ccc2[nH]1. The second-order valence-electron chi connectivity index (χ2n) is 6.36. The Bertz CT molecular complexity index is 1120. The van der Waals surface area contributed by atoms with Crippen LogP contribution < -0.4 is 0 Å². The average molecular weight is 314 g/mol. The smallest absolute Gasteiger partial charge is 0.111 e. The third-order valence-electron chi connectivity index (χ3n) is 4.80. The first-order chi connectivity index (χ1) is 11.6. The minimum atomic E-state index is 0.681. The van der Waals surface area contributed by atoms with Gasteiger partial charge in [-0.15, -0.1) is 0 Å². The maximum absolute atomic E-state index is 9.19. The lowest BCUT2D eigenvalue weighted by Crippen LogP contribution is -1.96. The van der Waals surface area contributed by atoms with Gasteiger partial charge in [0.1, 0.15) is 5.82 Å². The highest BCUT2D eigenvalue weighted by Crippen LogP contribution is 2.27. The summed E-state index contributed by atoms with van der Waals surface area (Å²) in [5.74, 6) is 0.928. The molecule has 118 valence electrons. The highest BCUT2D eigenvalue weighted by molar-refractivity contribution is 5.87. The number of benzene rings is 2. The minimum absolute atomic E-state index is 0.681. The van der Waals surface area contributed by atoms with E-state index in [0.29, 0.717) is 5.56 Å². The zero-order chi connectivity index (χ0) is 16.8. The molecule has 0 saturated carbocycles. The Hall–Kier alpha value is -3.06. The summed E-state index contributed by atoms with van der Waals surface area (Å²) >= 11 is 0. The van der Waals surface area contributed by atoms with Crippen molar-refractivity contribution in [2.45, 2.75) is 27.2 Å². The molecule has 0 saturated heterocycles. The number of H-pyrrole nitrogens is 2. The predicted molar refractivity (Wildman–Crippen MR) is 96.1 cm³/mol. The zero-order valence-electron chi connectivity index (χ0n) is 14.0. The van der Waals surface area contributed by atoms with Crippen molar-refractivity contribution in [3.05, 3.63) is 64.1 Å². The molecule has 0 bridgehead atoms. The Morgan fingerprint density at radius 1 is 1.12 bits per heavy atom. The molecule has 4 heteroatoms. The Balaban J connectivity index is 1.85. The normalized spacial score (nSPS) is 11.2. The van der Waals surface area contributed by atoms with Crippen LogP contribution in [0, 0.1) is 32.1 Å². The molecule has 4 aromatic rings. The van der Waals surface area contributed by atoms with E-state index in [-0.39, 0.29) is 0 Å². The van der Waals surface area contributed by atoms with Crippen LogP contribution in [0.1, 0.15) is 33.6 Å². The van der Waals surface area contributed by atoms with E-state index >= 15 is 0 Å². The van der Waals surface area contributed by atoms with Crippen molar-refractivity contribution >= 4 is 21.9 Å². The molecular formula is C20H18N4. The van der Waals surface area contributed by atoms with E-state index in [4.69, 9.17) is 4.98 Å². The Labute approximate surface area is 140 Å². The lowest BCUT2D eigenvalue weighted by molar-refractivity contribution is 1.03. The Kier molecular flexibility index (Phi) is 3.17. The van der Waals surface area contributed by atoms with Crippen molar-refractivity contribution in [3.8, 4) is 6.07 Å². The molecule has 2 aromatic heterocycles. The first kappa shape index (κ1) is 14.5. The number of rotatable bonds is 2. The molecule has 0 fully saturated rings. The van der Waals surface area contributed by atoms with Crippen LogP contribution in [0.15, 0.2) is 30.5 Å². The summed E-state index contributed by atoms with van der Waals surface area (Å²) in [4.78, 5) is 11.5. The van der Waals surface area contributed by atoms with Gasteiger partial charge in [-0.2, -0.15) is 5.26 Å². The highest BCUT2D eigenvalue weighted by Gasteiger charge is 2.13. The van der Waals surface area contributed by atoms with E-state index < -0.39 is 0 Å². The topological polar surface area (TPSA) is 68.3 Å². The number of fused-ring (bicyclic) bond motifs is 2. The van der Waals surface area contributed by atoms with E-state index in [2.05, 4.69) is 42.0 Å². The van der Waals surface area contributed by atoms with E-state index in [0.717, 1.165) is 28.8 Å². The number of nitrogens with one attached hydrogen (secondary N) is 2. The van der Waals surface area contributed by atoms with E-state index in [9.17, 15) is 5.26 Å². The number of aromatic nitrogens is 3. The summed E-state index contributed by atoms with van der Waals surface area (Å²) in [6.45, 7) is 6.23. The highest BCUT2D eigenvalue weighted by atomic mass is 14.9. The van der Waals surface area contributed by atoms with Crippen LogP contribution in [0.4, 0.5) is 0 Å². The lowest BCUT2D eigenvalue weighted by atomic mass is 9.98. The maximum atomic E-state index is 9.19. The van der Waals surface area contributed by atoms with Crippen LogP contribution in [0.2, 0.25) is 0 Å². The molecule has 2 heterocycles. The van der Waals surface area contributed by atoms with Gasteiger partial charge >= 0.3 is 0 Å². The van der Waals surface area contributed by atoms with Crippen molar-refractivity contribution < 1.29 is 0 Å². The monoisotopic (exact) mass is 314 g/mol. The summed E-state index contributed by atoms with van der Waals surface area (Å²) in [6, 6.07) is 10.4. The van der Waals surface area contributed by atoms with Gasteiger partial charge in [-0.25, -0.2) is 4.98 Å². The molecule has 0 aliphatic rings. The van der Waals surface area contributed by atoms with Crippen molar-refractivity contribution in [1.29, 1.82) is 5.26 Å². The Morgan fingerprint density at radius 3 is 2.75 bits per heavy atom. The number of hydrogen-bond acceptors (Lipinski definition) is 2. The third kappa shape index (κ3) is 2.10. The van der Waals surface area contributed by atoms with Crippen LogP contribution in [0.5, 0.6) is 0 Å². The first-order valence-corrected chi connectivity index (χ1v) is 8.03.